The van der Waals surface area contributed by atoms with Gasteiger partial charge in [0.15, 0.2) is 0 Å². The van der Waals surface area contributed by atoms with Crippen LogP contribution in [0.4, 0.5) is 0 Å². The van der Waals surface area contributed by atoms with E-state index in [4.69, 9.17) is 16.7 Å². The summed E-state index contributed by atoms with van der Waals surface area (Å²) in [7, 11) is 0. The molecule has 0 aliphatic carbocycles. The van der Waals surface area contributed by atoms with Crippen LogP contribution in [0.15, 0.2) is 28.7 Å². The molecule has 1 aromatic carbocycles. The summed E-state index contributed by atoms with van der Waals surface area (Å²) in [6.45, 7) is 7.12. The van der Waals surface area contributed by atoms with Crippen molar-refractivity contribution in [2.24, 2.45) is 0 Å². The van der Waals surface area contributed by atoms with Crippen LogP contribution in [0.5, 0.6) is 0 Å². The first-order chi connectivity index (χ1) is 9.56. The summed E-state index contributed by atoms with van der Waals surface area (Å²) in [5.41, 5.74) is 4.85. The minimum absolute atomic E-state index is 0.0126. The summed E-state index contributed by atoms with van der Waals surface area (Å²) in [4.78, 5) is 0. The van der Waals surface area contributed by atoms with E-state index in [9.17, 15) is 0 Å². The molecular weight excluding hydrogens is 336 g/mol. The predicted molar refractivity (Wildman–Crippen MR) is 88.5 cm³/mol. The van der Waals surface area contributed by atoms with Crippen LogP contribution < -0.4 is 0 Å². The number of halogens is 2. The molecule has 108 valence electrons. The number of rotatable bonds is 5. The highest BCUT2D eigenvalue weighted by Gasteiger charge is 2.19. The summed E-state index contributed by atoms with van der Waals surface area (Å²) in [6.07, 6.45) is 1.88. The van der Waals surface area contributed by atoms with Crippen molar-refractivity contribution in [3.05, 3.63) is 51.3 Å². The van der Waals surface area contributed by atoms with Gasteiger partial charge in [-0.15, -0.1) is 11.6 Å². The summed E-state index contributed by atoms with van der Waals surface area (Å²) < 4.78 is 3.21. The number of hydrogen-bond donors (Lipinski definition) is 0. The molecular formula is C16H20BrClN2. The number of aryl methyl sites for hydroxylation is 1. The van der Waals surface area contributed by atoms with Gasteiger partial charge in [-0.2, -0.15) is 5.10 Å². The Bertz CT molecular complexity index is 573. The standard InChI is InChI=1S/C16H20BrClN2/c1-4-14-16(11(3)18)15(5-2)20(19-14)10-12-6-8-13(17)9-7-12/h6-9,11H,4-5,10H2,1-3H3. The maximum Gasteiger partial charge on any atom is 0.0671 e. The van der Waals surface area contributed by atoms with Gasteiger partial charge in [-0.1, -0.05) is 41.9 Å². The first-order valence-corrected chi connectivity index (χ1v) is 8.26. The van der Waals surface area contributed by atoms with Gasteiger partial charge < -0.3 is 0 Å². The van der Waals surface area contributed by atoms with E-state index >= 15 is 0 Å². The molecule has 0 saturated heterocycles. The fraction of sp³-hybridized carbons (Fsp3) is 0.438. The van der Waals surface area contributed by atoms with Crippen molar-refractivity contribution < 1.29 is 0 Å². The Balaban J connectivity index is 2.38. The Labute approximate surface area is 134 Å². The molecule has 20 heavy (non-hydrogen) atoms. The largest absolute Gasteiger partial charge is 0.265 e. The average molecular weight is 356 g/mol. The second-order valence-electron chi connectivity index (χ2n) is 4.91. The molecule has 2 aromatic rings. The van der Waals surface area contributed by atoms with Crippen LogP contribution in [0.3, 0.4) is 0 Å². The maximum absolute atomic E-state index is 6.35. The zero-order chi connectivity index (χ0) is 14.7. The van der Waals surface area contributed by atoms with Crippen LogP contribution in [-0.4, -0.2) is 9.78 Å². The van der Waals surface area contributed by atoms with Crippen molar-refractivity contribution >= 4 is 27.5 Å². The SMILES string of the molecule is CCc1nn(Cc2ccc(Br)cc2)c(CC)c1C(C)Cl. The van der Waals surface area contributed by atoms with Gasteiger partial charge in [0.25, 0.3) is 0 Å². The normalized spacial score (nSPS) is 12.7. The molecule has 1 atom stereocenters. The smallest absolute Gasteiger partial charge is 0.0671 e. The van der Waals surface area contributed by atoms with Gasteiger partial charge in [0.2, 0.25) is 0 Å². The van der Waals surface area contributed by atoms with Gasteiger partial charge in [-0.3, -0.25) is 4.68 Å². The van der Waals surface area contributed by atoms with Crippen LogP contribution >= 0.6 is 27.5 Å². The number of alkyl halides is 1. The van der Waals surface area contributed by atoms with Crippen LogP contribution in [-0.2, 0) is 19.4 Å². The lowest BCUT2D eigenvalue weighted by Crippen LogP contribution is -2.06. The quantitative estimate of drug-likeness (QED) is 0.681. The first kappa shape index (κ1) is 15.6. The molecule has 1 aromatic heterocycles. The molecule has 0 saturated carbocycles. The number of nitrogens with zero attached hydrogens (tertiary/aromatic N) is 2. The molecule has 0 bridgehead atoms. The van der Waals surface area contributed by atoms with Gasteiger partial charge in [-0.05, 0) is 37.5 Å². The number of benzene rings is 1. The van der Waals surface area contributed by atoms with E-state index in [1.807, 2.05) is 6.92 Å². The van der Waals surface area contributed by atoms with Gasteiger partial charge in [0, 0.05) is 15.7 Å². The Morgan fingerprint density at radius 2 is 1.85 bits per heavy atom. The van der Waals surface area contributed by atoms with E-state index in [1.165, 1.54) is 16.8 Å². The highest BCUT2D eigenvalue weighted by molar-refractivity contribution is 9.10. The van der Waals surface area contributed by atoms with Crippen molar-refractivity contribution in [3.8, 4) is 0 Å². The summed E-state index contributed by atoms with van der Waals surface area (Å²) >= 11 is 9.81. The van der Waals surface area contributed by atoms with E-state index in [1.54, 1.807) is 0 Å². The Hall–Kier alpha value is -0.800. The second kappa shape index (κ2) is 6.77. The molecule has 0 radical (unpaired) electrons. The minimum Gasteiger partial charge on any atom is -0.265 e. The van der Waals surface area contributed by atoms with Gasteiger partial charge in [0.05, 0.1) is 17.6 Å². The third kappa shape index (κ3) is 3.26. The summed E-state index contributed by atoms with van der Waals surface area (Å²) in [5, 5.41) is 4.77. The van der Waals surface area contributed by atoms with Crippen LogP contribution in [0.2, 0.25) is 0 Å². The van der Waals surface area contributed by atoms with Crippen LogP contribution in [0.1, 0.15) is 48.7 Å². The summed E-state index contributed by atoms with van der Waals surface area (Å²) in [6, 6.07) is 8.38. The van der Waals surface area contributed by atoms with Crippen LogP contribution in [0, 0.1) is 0 Å². The molecule has 2 nitrogen and oxygen atoms in total. The number of aromatic nitrogens is 2. The zero-order valence-corrected chi connectivity index (χ0v) is 14.5. The Morgan fingerprint density at radius 1 is 1.20 bits per heavy atom. The van der Waals surface area contributed by atoms with Gasteiger partial charge >= 0.3 is 0 Å². The highest BCUT2D eigenvalue weighted by atomic mass is 79.9. The molecule has 0 aliphatic heterocycles. The number of hydrogen-bond acceptors (Lipinski definition) is 1. The van der Waals surface area contributed by atoms with Crippen molar-refractivity contribution in [1.29, 1.82) is 0 Å². The van der Waals surface area contributed by atoms with Gasteiger partial charge in [0.1, 0.15) is 0 Å². The molecule has 4 heteroatoms. The molecule has 2 rings (SSSR count). The predicted octanol–water partition coefficient (Wildman–Crippen LogP) is 5.12. The lowest BCUT2D eigenvalue weighted by molar-refractivity contribution is 0.639. The second-order valence-corrected chi connectivity index (χ2v) is 6.48. The Kier molecular flexibility index (Phi) is 5.28. The van der Waals surface area contributed by atoms with E-state index in [2.05, 4.69) is 58.7 Å². The molecule has 0 aliphatic rings. The van der Waals surface area contributed by atoms with Crippen molar-refractivity contribution in [2.75, 3.05) is 0 Å². The third-order valence-corrected chi connectivity index (χ3v) is 4.23. The monoisotopic (exact) mass is 354 g/mol. The lowest BCUT2D eigenvalue weighted by atomic mass is 10.1. The fourth-order valence-corrected chi connectivity index (χ4v) is 3.07. The molecule has 0 amide bonds. The molecule has 0 fully saturated rings. The molecule has 1 unspecified atom stereocenters. The molecule has 1 heterocycles. The third-order valence-electron chi connectivity index (χ3n) is 3.49. The first-order valence-electron chi connectivity index (χ1n) is 7.03. The maximum atomic E-state index is 6.35. The fourth-order valence-electron chi connectivity index (χ4n) is 2.55. The highest BCUT2D eigenvalue weighted by Crippen LogP contribution is 2.28. The van der Waals surface area contributed by atoms with E-state index in [-0.39, 0.29) is 5.38 Å². The molecule has 0 N–H and O–H groups in total. The van der Waals surface area contributed by atoms with E-state index in [0.717, 1.165) is 29.6 Å². The Morgan fingerprint density at radius 3 is 2.35 bits per heavy atom. The van der Waals surface area contributed by atoms with Crippen LogP contribution in [0.25, 0.3) is 0 Å². The van der Waals surface area contributed by atoms with E-state index in [0.29, 0.717) is 0 Å². The molecule has 0 spiro atoms. The minimum atomic E-state index is 0.0126. The van der Waals surface area contributed by atoms with Gasteiger partial charge in [-0.25, -0.2) is 0 Å². The lowest BCUT2D eigenvalue weighted by Gasteiger charge is -2.09. The van der Waals surface area contributed by atoms with E-state index < -0.39 is 0 Å². The van der Waals surface area contributed by atoms with Crippen molar-refractivity contribution in [3.63, 3.8) is 0 Å². The van der Waals surface area contributed by atoms with Crippen molar-refractivity contribution in [2.45, 2.75) is 45.5 Å². The zero-order valence-electron chi connectivity index (χ0n) is 12.2. The topological polar surface area (TPSA) is 17.8 Å². The summed E-state index contributed by atoms with van der Waals surface area (Å²) in [5.74, 6) is 0. The van der Waals surface area contributed by atoms with Crippen molar-refractivity contribution in [1.82, 2.24) is 9.78 Å². The average Bonchev–Trinajstić information content (AvgIpc) is 2.79.